The molecule has 92 valence electrons. The largest absolute Gasteiger partial charge is 0.495 e. The molecule has 0 bridgehead atoms. The van der Waals surface area contributed by atoms with Crippen LogP contribution < -0.4 is 10.5 Å². The Kier molecular flexibility index (Phi) is 3.53. The molecule has 0 spiro atoms. The number of nitrogen functional groups attached to an aromatic ring is 1. The molecule has 2 aromatic carbocycles. The number of carbonyl (C=O) groups is 1. The summed E-state index contributed by atoms with van der Waals surface area (Å²) in [5.74, 6) is 0.381. The first-order chi connectivity index (χ1) is 8.63. The number of halogens is 1. The Morgan fingerprint density at radius 2 is 1.94 bits per heavy atom. The molecule has 0 amide bonds. The third kappa shape index (κ3) is 2.31. The normalized spacial score (nSPS) is 10.1. The maximum Gasteiger partial charge on any atom is 0.195 e. The first-order valence-electron chi connectivity index (χ1n) is 5.36. The Bertz CT molecular complexity index is 596. The zero-order valence-electron chi connectivity index (χ0n) is 9.81. The zero-order chi connectivity index (χ0) is 13.1. The lowest BCUT2D eigenvalue weighted by Gasteiger charge is -2.07. The summed E-state index contributed by atoms with van der Waals surface area (Å²) < 4.78 is 5.04. The van der Waals surface area contributed by atoms with E-state index in [9.17, 15) is 4.79 Å². The van der Waals surface area contributed by atoms with E-state index in [2.05, 4.69) is 0 Å². The van der Waals surface area contributed by atoms with E-state index in [0.29, 0.717) is 27.6 Å². The Hall–Kier alpha value is -2.00. The van der Waals surface area contributed by atoms with Crippen LogP contribution in [-0.2, 0) is 0 Å². The highest BCUT2D eigenvalue weighted by molar-refractivity contribution is 6.32. The molecule has 0 aromatic heterocycles. The summed E-state index contributed by atoms with van der Waals surface area (Å²) >= 11 is 5.99. The van der Waals surface area contributed by atoms with Crippen LogP contribution in [0.25, 0.3) is 0 Å². The summed E-state index contributed by atoms with van der Waals surface area (Å²) in [4.78, 5) is 12.2. The molecular formula is C14H12ClNO2. The minimum atomic E-state index is -0.155. The van der Waals surface area contributed by atoms with Crippen LogP contribution in [0.4, 0.5) is 5.69 Å². The number of carbonyl (C=O) groups excluding carboxylic acids is 1. The van der Waals surface area contributed by atoms with Crippen LogP contribution in [0.2, 0.25) is 5.02 Å². The molecule has 2 N–H and O–H groups in total. The predicted molar refractivity (Wildman–Crippen MR) is 72.3 cm³/mol. The molecular weight excluding hydrogens is 250 g/mol. The van der Waals surface area contributed by atoms with Gasteiger partial charge in [-0.3, -0.25) is 4.79 Å². The number of hydrogen-bond acceptors (Lipinski definition) is 3. The fourth-order valence-corrected chi connectivity index (χ4v) is 1.92. The lowest BCUT2D eigenvalue weighted by atomic mass is 10.0. The van der Waals surface area contributed by atoms with Gasteiger partial charge in [0.05, 0.1) is 12.1 Å². The first-order valence-corrected chi connectivity index (χ1v) is 5.74. The van der Waals surface area contributed by atoms with Crippen molar-refractivity contribution in [3.63, 3.8) is 0 Å². The highest BCUT2D eigenvalue weighted by Crippen LogP contribution is 2.26. The van der Waals surface area contributed by atoms with Gasteiger partial charge in [-0.1, -0.05) is 23.7 Å². The lowest BCUT2D eigenvalue weighted by Crippen LogP contribution is -2.05. The number of ketones is 1. The molecule has 3 nitrogen and oxygen atoms in total. The number of methoxy groups -OCH3 is 1. The Balaban J connectivity index is 2.41. The van der Waals surface area contributed by atoms with Gasteiger partial charge in [-0.15, -0.1) is 0 Å². The number of anilines is 1. The summed E-state index contributed by atoms with van der Waals surface area (Å²) in [6.07, 6.45) is 0. The van der Waals surface area contributed by atoms with Crippen molar-refractivity contribution in [1.82, 2.24) is 0 Å². The van der Waals surface area contributed by atoms with E-state index in [1.807, 2.05) is 0 Å². The minimum absolute atomic E-state index is 0.155. The molecule has 2 aromatic rings. The number of rotatable bonds is 3. The number of ether oxygens (including phenoxy) is 1. The highest BCUT2D eigenvalue weighted by atomic mass is 35.5. The summed E-state index contributed by atoms with van der Waals surface area (Å²) in [6, 6.07) is 11.8. The van der Waals surface area contributed by atoms with E-state index in [4.69, 9.17) is 22.1 Å². The van der Waals surface area contributed by atoms with Crippen molar-refractivity contribution >= 4 is 23.1 Å². The molecule has 0 fully saturated rings. The second-order valence-corrected chi connectivity index (χ2v) is 4.17. The molecule has 0 aliphatic heterocycles. The topological polar surface area (TPSA) is 52.3 Å². The van der Waals surface area contributed by atoms with Gasteiger partial charge in [0, 0.05) is 16.8 Å². The average Bonchev–Trinajstić information content (AvgIpc) is 2.38. The quantitative estimate of drug-likeness (QED) is 0.682. The molecule has 0 unspecified atom stereocenters. The van der Waals surface area contributed by atoms with Gasteiger partial charge in [0.25, 0.3) is 0 Å². The standard InChI is InChI=1S/C14H12ClNO2/c1-18-13-7-6-9(8-11(13)15)14(17)10-4-2-3-5-12(10)16/h2-8H,16H2,1H3. The van der Waals surface area contributed by atoms with Crippen LogP contribution in [-0.4, -0.2) is 12.9 Å². The van der Waals surface area contributed by atoms with Gasteiger partial charge in [-0.05, 0) is 30.3 Å². The maximum absolute atomic E-state index is 12.2. The minimum Gasteiger partial charge on any atom is -0.495 e. The summed E-state index contributed by atoms with van der Waals surface area (Å²) in [6.45, 7) is 0. The molecule has 4 heteroatoms. The molecule has 0 saturated heterocycles. The predicted octanol–water partition coefficient (Wildman–Crippen LogP) is 3.16. The van der Waals surface area contributed by atoms with Crippen molar-refractivity contribution in [2.45, 2.75) is 0 Å². The highest BCUT2D eigenvalue weighted by Gasteiger charge is 2.13. The van der Waals surface area contributed by atoms with E-state index >= 15 is 0 Å². The fraction of sp³-hybridized carbons (Fsp3) is 0.0714. The third-order valence-electron chi connectivity index (χ3n) is 2.62. The van der Waals surface area contributed by atoms with E-state index in [1.165, 1.54) is 7.11 Å². The smallest absolute Gasteiger partial charge is 0.195 e. The number of hydrogen-bond donors (Lipinski definition) is 1. The van der Waals surface area contributed by atoms with Crippen molar-refractivity contribution in [1.29, 1.82) is 0 Å². The Morgan fingerprint density at radius 1 is 1.22 bits per heavy atom. The van der Waals surface area contributed by atoms with Gasteiger partial charge >= 0.3 is 0 Å². The number of para-hydroxylation sites is 1. The van der Waals surface area contributed by atoms with Gasteiger partial charge in [0.1, 0.15) is 5.75 Å². The molecule has 18 heavy (non-hydrogen) atoms. The molecule has 2 rings (SSSR count). The van der Waals surface area contributed by atoms with Crippen LogP contribution in [0.5, 0.6) is 5.75 Å². The zero-order valence-corrected chi connectivity index (χ0v) is 10.6. The second-order valence-electron chi connectivity index (χ2n) is 3.77. The van der Waals surface area contributed by atoms with Gasteiger partial charge in [-0.2, -0.15) is 0 Å². The molecule has 0 heterocycles. The molecule has 0 radical (unpaired) electrons. The van der Waals surface area contributed by atoms with E-state index in [1.54, 1.807) is 42.5 Å². The molecule has 0 aliphatic rings. The van der Waals surface area contributed by atoms with Crippen LogP contribution in [0.3, 0.4) is 0 Å². The monoisotopic (exact) mass is 261 g/mol. The second kappa shape index (κ2) is 5.10. The van der Waals surface area contributed by atoms with E-state index < -0.39 is 0 Å². The van der Waals surface area contributed by atoms with Crippen molar-refractivity contribution in [3.8, 4) is 5.75 Å². The number of benzene rings is 2. The van der Waals surface area contributed by atoms with Gasteiger partial charge in [-0.25, -0.2) is 0 Å². The van der Waals surface area contributed by atoms with Crippen LogP contribution in [0.1, 0.15) is 15.9 Å². The van der Waals surface area contributed by atoms with Crippen LogP contribution in [0, 0.1) is 0 Å². The third-order valence-corrected chi connectivity index (χ3v) is 2.91. The van der Waals surface area contributed by atoms with E-state index in [0.717, 1.165) is 0 Å². The van der Waals surface area contributed by atoms with Gasteiger partial charge < -0.3 is 10.5 Å². The number of nitrogens with two attached hydrogens (primary N) is 1. The average molecular weight is 262 g/mol. The summed E-state index contributed by atoms with van der Waals surface area (Å²) in [7, 11) is 1.53. The van der Waals surface area contributed by atoms with Crippen LogP contribution in [0.15, 0.2) is 42.5 Å². The van der Waals surface area contributed by atoms with Crippen molar-refractivity contribution in [2.24, 2.45) is 0 Å². The fourth-order valence-electron chi connectivity index (χ4n) is 1.67. The van der Waals surface area contributed by atoms with Gasteiger partial charge in [0.15, 0.2) is 5.78 Å². The summed E-state index contributed by atoms with van der Waals surface area (Å²) in [5.41, 5.74) is 7.18. The Labute approximate surface area is 110 Å². The Morgan fingerprint density at radius 3 is 2.56 bits per heavy atom. The van der Waals surface area contributed by atoms with Crippen molar-refractivity contribution in [3.05, 3.63) is 58.6 Å². The lowest BCUT2D eigenvalue weighted by molar-refractivity contribution is 0.103. The van der Waals surface area contributed by atoms with Crippen molar-refractivity contribution < 1.29 is 9.53 Å². The molecule has 0 aliphatic carbocycles. The van der Waals surface area contributed by atoms with Crippen molar-refractivity contribution in [2.75, 3.05) is 12.8 Å². The van der Waals surface area contributed by atoms with Crippen LogP contribution >= 0.6 is 11.6 Å². The SMILES string of the molecule is COc1ccc(C(=O)c2ccccc2N)cc1Cl. The first kappa shape index (κ1) is 12.5. The summed E-state index contributed by atoms with van der Waals surface area (Å²) in [5, 5.41) is 0.401. The maximum atomic E-state index is 12.2. The molecule has 0 atom stereocenters. The van der Waals surface area contributed by atoms with Gasteiger partial charge in [0.2, 0.25) is 0 Å². The molecule has 0 saturated carbocycles. The van der Waals surface area contributed by atoms with E-state index in [-0.39, 0.29) is 5.78 Å².